The van der Waals surface area contributed by atoms with Crippen LogP contribution >= 0.6 is 0 Å². The predicted molar refractivity (Wildman–Crippen MR) is 103 cm³/mol. The summed E-state index contributed by atoms with van der Waals surface area (Å²) in [6, 6.07) is 0. The van der Waals surface area contributed by atoms with Gasteiger partial charge in [-0.15, -0.1) is 0 Å². The summed E-state index contributed by atoms with van der Waals surface area (Å²) in [5.41, 5.74) is 0. The molecule has 0 spiro atoms. The molecule has 23 heavy (non-hydrogen) atoms. The van der Waals surface area contributed by atoms with Gasteiger partial charge in [-0.25, -0.2) is 4.79 Å². The predicted octanol–water partition coefficient (Wildman–Crippen LogP) is 7.22. The molecule has 0 aliphatic carbocycles. The molecular weight excluding hydrogens is 284 g/mol. The van der Waals surface area contributed by atoms with Gasteiger partial charge in [-0.2, -0.15) is 0 Å². The van der Waals surface area contributed by atoms with Gasteiger partial charge in [0, 0.05) is 6.08 Å². The number of carbonyl (C=O) groups is 1. The van der Waals surface area contributed by atoms with Gasteiger partial charge < -0.3 is 4.74 Å². The molecule has 0 saturated heterocycles. The maximum absolute atomic E-state index is 10.7. The van der Waals surface area contributed by atoms with E-state index < -0.39 is 0 Å². The molecule has 0 aromatic carbocycles. The van der Waals surface area contributed by atoms with Crippen LogP contribution in [0, 0.1) is 0 Å². The zero-order valence-electron chi connectivity index (χ0n) is 16.2. The monoisotopic (exact) mass is 326 g/mol. The number of carbonyl (C=O) groups excluding carboxylic acids is 1. The van der Waals surface area contributed by atoms with E-state index in [9.17, 15) is 4.79 Å². The highest BCUT2D eigenvalue weighted by atomic mass is 16.5. The van der Waals surface area contributed by atoms with Crippen molar-refractivity contribution in [3.05, 3.63) is 12.7 Å². The van der Waals surface area contributed by atoms with Crippen molar-refractivity contribution < 1.29 is 9.53 Å². The summed E-state index contributed by atoms with van der Waals surface area (Å²) in [6.07, 6.45) is 19.7. The van der Waals surface area contributed by atoms with Crippen LogP contribution in [0.5, 0.6) is 0 Å². The highest BCUT2D eigenvalue weighted by Crippen LogP contribution is 2.10. The van der Waals surface area contributed by atoms with Crippen LogP contribution in [0.15, 0.2) is 12.7 Å². The molecule has 0 fully saturated rings. The van der Waals surface area contributed by atoms with Crippen LogP contribution in [0.4, 0.5) is 0 Å². The minimum Gasteiger partial charge on any atom is -0.463 e. The van der Waals surface area contributed by atoms with Gasteiger partial charge in [0.2, 0.25) is 0 Å². The SMILES string of the molecule is C=CC(=O)OCCCCCCCCCCCC.CCCCCC. The van der Waals surface area contributed by atoms with Crippen LogP contribution in [0.2, 0.25) is 0 Å². The minimum atomic E-state index is -0.305. The molecule has 0 aromatic heterocycles. The lowest BCUT2D eigenvalue weighted by Crippen LogP contribution is -2.01. The molecule has 0 aromatic rings. The van der Waals surface area contributed by atoms with E-state index in [0.29, 0.717) is 6.61 Å². The molecule has 2 nitrogen and oxygen atoms in total. The molecule has 138 valence electrons. The average Bonchev–Trinajstić information content (AvgIpc) is 2.58. The van der Waals surface area contributed by atoms with Gasteiger partial charge in [-0.1, -0.05) is 111 Å². The van der Waals surface area contributed by atoms with E-state index in [2.05, 4.69) is 27.4 Å². The number of esters is 1. The molecule has 0 radical (unpaired) electrons. The maximum atomic E-state index is 10.7. The Kier molecular flexibility index (Phi) is 25.0. The molecule has 0 saturated carbocycles. The molecule has 0 amide bonds. The largest absolute Gasteiger partial charge is 0.463 e. The summed E-state index contributed by atoms with van der Waals surface area (Å²) in [7, 11) is 0. The van der Waals surface area contributed by atoms with Crippen LogP contribution < -0.4 is 0 Å². The topological polar surface area (TPSA) is 26.3 Å². The maximum Gasteiger partial charge on any atom is 0.330 e. The van der Waals surface area contributed by atoms with Gasteiger partial charge in [0.05, 0.1) is 6.61 Å². The molecule has 0 aliphatic rings. The Bertz CT molecular complexity index is 232. The smallest absolute Gasteiger partial charge is 0.330 e. The summed E-state index contributed by atoms with van der Waals surface area (Å²) < 4.78 is 4.91. The summed E-state index contributed by atoms with van der Waals surface area (Å²) >= 11 is 0. The van der Waals surface area contributed by atoms with Crippen LogP contribution in [-0.2, 0) is 9.53 Å². The fourth-order valence-electron chi connectivity index (χ4n) is 2.32. The Morgan fingerprint density at radius 3 is 1.43 bits per heavy atom. The first-order chi connectivity index (χ1) is 11.2. The second kappa shape index (κ2) is 23.5. The van der Waals surface area contributed by atoms with Gasteiger partial charge in [-0.3, -0.25) is 0 Å². The van der Waals surface area contributed by atoms with Crippen molar-refractivity contribution in [2.75, 3.05) is 6.61 Å². The van der Waals surface area contributed by atoms with E-state index >= 15 is 0 Å². The second-order valence-electron chi connectivity index (χ2n) is 6.26. The fraction of sp³-hybridized carbons (Fsp3) is 0.857. The highest BCUT2D eigenvalue weighted by Gasteiger charge is 1.95. The molecule has 0 heterocycles. The first-order valence-electron chi connectivity index (χ1n) is 10.0. The Hall–Kier alpha value is -0.790. The molecule has 2 heteroatoms. The van der Waals surface area contributed by atoms with Crippen molar-refractivity contribution in [2.45, 2.75) is 111 Å². The average molecular weight is 327 g/mol. The lowest BCUT2D eigenvalue weighted by molar-refractivity contribution is -0.137. The van der Waals surface area contributed by atoms with E-state index in [-0.39, 0.29) is 5.97 Å². The fourth-order valence-corrected chi connectivity index (χ4v) is 2.32. The van der Waals surface area contributed by atoms with E-state index in [1.807, 2.05) is 0 Å². The lowest BCUT2D eigenvalue weighted by Gasteiger charge is -2.03. The van der Waals surface area contributed by atoms with Crippen molar-refractivity contribution in [2.24, 2.45) is 0 Å². The Balaban J connectivity index is 0. The highest BCUT2D eigenvalue weighted by molar-refractivity contribution is 5.81. The van der Waals surface area contributed by atoms with E-state index in [4.69, 9.17) is 4.74 Å². The number of rotatable bonds is 15. The zero-order chi connectivity index (χ0) is 17.6. The van der Waals surface area contributed by atoms with Gasteiger partial charge in [0.25, 0.3) is 0 Å². The Labute approximate surface area is 146 Å². The number of unbranched alkanes of at least 4 members (excludes halogenated alkanes) is 12. The van der Waals surface area contributed by atoms with Gasteiger partial charge in [0.15, 0.2) is 0 Å². The van der Waals surface area contributed by atoms with Crippen molar-refractivity contribution in [3.63, 3.8) is 0 Å². The number of hydrogen-bond acceptors (Lipinski definition) is 2. The second-order valence-corrected chi connectivity index (χ2v) is 6.26. The molecule has 0 rings (SSSR count). The number of ether oxygens (including phenoxy) is 1. The molecule has 0 unspecified atom stereocenters. The number of hydrogen-bond donors (Lipinski definition) is 0. The zero-order valence-corrected chi connectivity index (χ0v) is 16.2. The molecule has 0 bridgehead atoms. The van der Waals surface area contributed by atoms with E-state index in [1.54, 1.807) is 0 Å². The third kappa shape index (κ3) is 26.4. The normalized spacial score (nSPS) is 9.87. The van der Waals surface area contributed by atoms with Gasteiger partial charge in [0.1, 0.15) is 0 Å². The third-order valence-corrected chi connectivity index (χ3v) is 3.87. The standard InChI is InChI=1S/C15H28O2.C6H14/c1-3-5-6-7-8-9-10-11-12-13-14-17-15(16)4-2;1-3-5-6-4-2/h4H,2-3,5-14H2,1H3;3-6H2,1-2H3. The van der Waals surface area contributed by atoms with E-state index in [0.717, 1.165) is 6.42 Å². The molecule has 0 atom stereocenters. The van der Waals surface area contributed by atoms with Gasteiger partial charge in [-0.05, 0) is 6.42 Å². The molecule has 0 aliphatic heterocycles. The van der Waals surface area contributed by atoms with E-state index in [1.165, 1.54) is 89.5 Å². The van der Waals surface area contributed by atoms with Crippen LogP contribution in [0.1, 0.15) is 111 Å². The van der Waals surface area contributed by atoms with Crippen molar-refractivity contribution in [1.29, 1.82) is 0 Å². The summed E-state index contributed by atoms with van der Waals surface area (Å²) in [5.74, 6) is -0.305. The first-order valence-corrected chi connectivity index (χ1v) is 10.0. The van der Waals surface area contributed by atoms with Gasteiger partial charge >= 0.3 is 5.97 Å². The van der Waals surface area contributed by atoms with Crippen LogP contribution in [0.3, 0.4) is 0 Å². The Morgan fingerprint density at radius 1 is 0.696 bits per heavy atom. The lowest BCUT2D eigenvalue weighted by atomic mass is 10.1. The first kappa shape index (κ1) is 24.5. The Morgan fingerprint density at radius 2 is 1.04 bits per heavy atom. The minimum absolute atomic E-state index is 0.305. The van der Waals surface area contributed by atoms with Crippen LogP contribution in [0.25, 0.3) is 0 Å². The molecular formula is C21H42O2. The summed E-state index contributed by atoms with van der Waals surface area (Å²) in [4.78, 5) is 10.7. The van der Waals surface area contributed by atoms with Crippen molar-refractivity contribution in [3.8, 4) is 0 Å². The van der Waals surface area contributed by atoms with Crippen LogP contribution in [-0.4, -0.2) is 12.6 Å². The summed E-state index contributed by atoms with van der Waals surface area (Å²) in [5, 5.41) is 0. The third-order valence-electron chi connectivity index (χ3n) is 3.87. The summed E-state index contributed by atoms with van der Waals surface area (Å²) in [6.45, 7) is 10.6. The quantitative estimate of drug-likeness (QED) is 0.180. The molecule has 0 N–H and O–H groups in total. The van der Waals surface area contributed by atoms with Crippen molar-refractivity contribution in [1.82, 2.24) is 0 Å². The van der Waals surface area contributed by atoms with Crippen molar-refractivity contribution >= 4 is 5.97 Å².